The SMILES string of the molecule is CCC(C)CCCCCCCCCCC(=O)O[C@H](COC(=O)CCCCCCCCC(C)C)COP(=O)(O)OC[C@H](O)COP(=O)(O)OC[C@@H](COC(=O)CCCCCCCCCCCCCCCCCC(C)C)OC(=O)CCCCCCCCCCCCCCCCCC(C)C. The summed E-state index contributed by atoms with van der Waals surface area (Å²) < 4.78 is 68.6. The first kappa shape index (κ1) is 95.1. The van der Waals surface area contributed by atoms with Gasteiger partial charge in [-0.1, -0.05) is 344 Å². The predicted octanol–water partition coefficient (Wildman–Crippen LogP) is 22.8. The molecule has 17 nitrogen and oxygen atoms in total. The Morgan fingerprint density at radius 2 is 0.495 bits per heavy atom. The molecule has 0 bridgehead atoms. The molecular formula is C78H152O17P2. The lowest BCUT2D eigenvalue weighted by Crippen LogP contribution is -2.30. The molecule has 6 atom stereocenters. The van der Waals surface area contributed by atoms with Gasteiger partial charge in [0.15, 0.2) is 12.2 Å². The van der Waals surface area contributed by atoms with Crippen LogP contribution in [0.5, 0.6) is 0 Å². The van der Waals surface area contributed by atoms with E-state index in [1.807, 2.05) is 0 Å². The third-order valence-corrected chi connectivity index (χ3v) is 20.3. The molecule has 0 aliphatic heterocycles. The fourth-order valence-electron chi connectivity index (χ4n) is 11.9. The Kier molecular flexibility index (Phi) is 65.9. The van der Waals surface area contributed by atoms with Gasteiger partial charge in [0.2, 0.25) is 0 Å². The standard InChI is InChI=1S/C78H152O17P2/c1-9-71(8)57-49-41-32-28-29-35-45-53-61-78(83)95-74(65-89-76(81)59-51-43-37-36-40-48-56-70(6)7)67-93-97(86,87)91-63-72(79)62-90-96(84,85)92-66-73(94-77(82)60-52-44-34-27-23-19-15-11-13-17-21-25-31-39-47-55-69(4)5)64-88-75(80)58-50-42-33-26-22-18-14-10-12-16-20-24-30-38-46-54-68(2)3/h68-74,79H,9-67H2,1-8H3,(H,84,85)(H,86,87)/t71?,72-,73-,74-/m1/s1. The first-order valence-electron chi connectivity index (χ1n) is 40.2. The van der Waals surface area contributed by atoms with Crippen molar-refractivity contribution >= 4 is 39.5 Å². The van der Waals surface area contributed by atoms with Crippen molar-refractivity contribution in [3.05, 3.63) is 0 Å². The smallest absolute Gasteiger partial charge is 0.462 e. The van der Waals surface area contributed by atoms with Crippen molar-refractivity contribution in [1.82, 2.24) is 0 Å². The number of carbonyl (C=O) groups excluding carboxylic acids is 4. The summed E-state index contributed by atoms with van der Waals surface area (Å²) in [5.41, 5.74) is 0. The summed E-state index contributed by atoms with van der Waals surface area (Å²) in [7, 11) is -9.92. The molecule has 0 aromatic heterocycles. The lowest BCUT2D eigenvalue weighted by atomic mass is 9.99. The van der Waals surface area contributed by atoms with Crippen molar-refractivity contribution in [1.29, 1.82) is 0 Å². The van der Waals surface area contributed by atoms with Gasteiger partial charge in [0, 0.05) is 25.7 Å². The van der Waals surface area contributed by atoms with E-state index in [2.05, 4.69) is 55.4 Å². The summed E-state index contributed by atoms with van der Waals surface area (Å²) in [6, 6.07) is 0. The molecule has 0 saturated heterocycles. The van der Waals surface area contributed by atoms with Crippen LogP contribution in [0, 0.1) is 23.7 Å². The lowest BCUT2D eigenvalue weighted by molar-refractivity contribution is -0.161. The fraction of sp³-hybridized carbons (Fsp3) is 0.949. The van der Waals surface area contributed by atoms with Gasteiger partial charge < -0.3 is 33.8 Å². The summed E-state index contributed by atoms with van der Waals surface area (Å²) in [4.78, 5) is 72.8. The molecule has 0 fully saturated rings. The van der Waals surface area contributed by atoms with Crippen LogP contribution in [0.1, 0.15) is 396 Å². The van der Waals surface area contributed by atoms with Gasteiger partial charge in [-0.05, 0) is 49.4 Å². The molecular weight excluding hydrogens is 1270 g/mol. The van der Waals surface area contributed by atoms with E-state index in [1.165, 1.54) is 193 Å². The molecule has 576 valence electrons. The molecule has 0 saturated carbocycles. The molecule has 19 heteroatoms. The van der Waals surface area contributed by atoms with Gasteiger partial charge in [-0.15, -0.1) is 0 Å². The molecule has 3 unspecified atom stereocenters. The average molecular weight is 1420 g/mol. The minimum Gasteiger partial charge on any atom is -0.462 e. The van der Waals surface area contributed by atoms with Gasteiger partial charge in [0.1, 0.15) is 19.3 Å². The zero-order valence-corrected chi connectivity index (χ0v) is 65.5. The van der Waals surface area contributed by atoms with Crippen molar-refractivity contribution in [3.63, 3.8) is 0 Å². The minimum absolute atomic E-state index is 0.104. The van der Waals surface area contributed by atoms with Crippen LogP contribution >= 0.6 is 15.6 Å². The summed E-state index contributed by atoms with van der Waals surface area (Å²) in [5, 5.41) is 10.6. The molecule has 0 spiro atoms. The van der Waals surface area contributed by atoms with Crippen molar-refractivity contribution in [2.75, 3.05) is 39.6 Å². The zero-order valence-electron chi connectivity index (χ0n) is 63.7. The molecule has 3 N–H and O–H groups in total. The van der Waals surface area contributed by atoms with Gasteiger partial charge in [0.25, 0.3) is 0 Å². The van der Waals surface area contributed by atoms with E-state index in [9.17, 15) is 43.2 Å². The Bertz CT molecular complexity index is 1900. The van der Waals surface area contributed by atoms with Gasteiger partial charge in [0.05, 0.1) is 26.4 Å². The van der Waals surface area contributed by atoms with Crippen molar-refractivity contribution in [3.8, 4) is 0 Å². The van der Waals surface area contributed by atoms with Crippen LogP contribution < -0.4 is 0 Å². The van der Waals surface area contributed by atoms with E-state index in [0.29, 0.717) is 31.6 Å². The third-order valence-electron chi connectivity index (χ3n) is 18.4. The van der Waals surface area contributed by atoms with E-state index in [4.69, 9.17) is 37.0 Å². The molecule has 0 aromatic carbocycles. The lowest BCUT2D eigenvalue weighted by Gasteiger charge is -2.21. The Morgan fingerprint density at radius 3 is 0.732 bits per heavy atom. The van der Waals surface area contributed by atoms with E-state index in [-0.39, 0.29) is 25.7 Å². The first-order chi connectivity index (χ1) is 46.6. The maximum absolute atomic E-state index is 13.1. The van der Waals surface area contributed by atoms with Gasteiger partial charge in [-0.25, -0.2) is 9.13 Å². The highest BCUT2D eigenvalue weighted by molar-refractivity contribution is 7.47. The number of ether oxygens (including phenoxy) is 4. The number of aliphatic hydroxyl groups is 1. The molecule has 0 rings (SSSR count). The highest BCUT2D eigenvalue weighted by Gasteiger charge is 2.30. The molecule has 0 amide bonds. The zero-order chi connectivity index (χ0) is 71.7. The fourth-order valence-corrected chi connectivity index (χ4v) is 13.5. The molecule has 0 radical (unpaired) electrons. The molecule has 0 heterocycles. The number of unbranched alkanes of at least 4 members (excludes halogenated alkanes) is 40. The quantitative estimate of drug-likeness (QED) is 0.0222. The van der Waals surface area contributed by atoms with Crippen LogP contribution in [0.4, 0.5) is 0 Å². The minimum atomic E-state index is -4.96. The normalized spacial score (nSPS) is 14.4. The molecule has 97 heavy (non-hydrogen) atoms. The van der Waals surface area contributed by atoms with E-state index >= 15 is 0 Å². The van der Waals surface area contributed by atoms with Crippen molar-refractivity contribution in [2.45, 2.75) is 414 Å². The molecule has 0 aromatic rings. The van der Waals surface area contributed by atoms with Crippen LogP contribution in [0.25, 0.3) is 0 Å². The average Bonchev–Trinajstić information content (AvgIpc) is 1.00. The number of phosphoric ester groups is 2. The Balaban J connectivity index is 5.23. The Hall–Kier alpha value is -1.94. The van der Waals surface area contributed by atoms with Crippen LogP contribution in [0.2, 0.25) is 0 Å². The number of hydrogen-bond donors (Lipinski definition) is 3. The van der Waals surface area contributed by atoms with Crippen LogP contribution in [-0.2, 0) is 65.4 Å². The second-order valence-electron chi connectivity index (χ2n) is 29.8. The predicted molar refractivity (Wildman–Crippen MR) is 395 cm³/mol. The van der Waals surface area contributed by atoms with Crippen LogP contribution in [-0.4, -0.2) is 96.7 Å². The largest absolute Gasteiger partial charge is 0.472 e. The number of hydrogen-bond acceptors (Lipinski definition) is 15. The highest BCUT2D eigenvalue weighted by Crippen LogP contribution is 2.45. The second kappa shape index (κ2) is 67.2. The van der Waals surface area contributed by atoms with E-state index in [1.54, 1.807) is 0 Å². The number of esters is 4. The monoisotopic (exact) mass is 1420 g/mol. The maximum atomic E-state index is 13.1. The Morgan fingerprint density at radius 1 is 0.289 bits per heavy atom. The van der Waals surface area contributed by atoms with Gasteiger partial charge >= 0.3 is 39.5 Å². The van der Waals surface area contributed by atoms with Crippen LogP contribution in [0.3, 0.4) is 0 Å². The first-order valence-corrected chi connectivity index (χ1v) is 43.2. The second-order valence-corrected chi connectivity index (χ2v) is 32.7. The summed E-state index contributed by atoms with van der Waals surface area (Å²) >= 11 is 0. The third kappa shape index (κ3) is 70.9. The van der Waals surface area contributed by atoms with E-state index in [0.717, 1.165) is 114 Å². The van der Waals surface area contributed by atoms with Crippen LogP contribution in [0.15, 0.2) is 0 Å². The number of phosphoric acid groups is 2. The number of rotatable bonds is 75. The summed E-state index contributed by atoms with van der Waals surface area (Å²) in [6.07, 6.45) is 52.9. The molecule has 0 aliphatic rings. The maximum Gasteiger partial charge on any atom is 0.472 e. The highest BCUT2D eigenvalue weighted by atomic mass is 31.2. The molecule has 0 aliphatic carbocycles. The number of aliphatic hydroxyl groups excluding tert-OH is 1. The summed E-state index contributed by atoms with van der Waals surface area (Å²) in [5.74, 6) is 0.937. The van der Waals surface area contributed by atoms with Gasteiger partial charge in [-0.2, -0.15) is 0 Å². The Labute approximate surface area is 594 Å². The summed E-state index contributed by atoms with van der Waals surface area (Å²) in [6.45, 7) is 14.2. The van der Waals surface area contributed by atoms with Crippen molar-refractivity contribution < 1.29 is 80.2 Å². The van der Waals surface area contributed by atoms with Crippen molar-refractivity contribution in [2.24, 2.45) is 23.7 Å². The van der Waals surface area contributed by atoms with E-state index < -0.39 is 97.5 Å². The topological polar surface area (TPSA) is 237 Å². The number of carbonyl (C=O) groups is 4. The van der Waals surface area contributed by atoms with Gasteiger partial charge in [-0.3, -0.25) is 37.3 Å².